The first kappa shape index (κ1) is 15.1. The molecule has 0 aromatic heterocycles. The van der Waals surface area contributed by atoms with Gasteiger partial charge in [-0.05, 0) is 12.8 Å². The molecule has 1 aliphatic rings. The Balaban J connectivity index is 2.75. The molecule has 1 nitrogen and oxygen atoms in total. The van der Waals surface area contributed by atoms with Gasteiger partial charge in [0.25, 0.3) is 0 Å². The first-order valence-electron chi connectivity index (χ1n) is 7.19. The molecule has 1 saturated heterocycles. The lowest BCUT2D eigenvalue weighted by atomic mass is 9.89. The average Bonchev–Trinajstić information content (AvgIpc) is 2.42. The van der Waals surface area contributed by atoms with Crippen LogP contribution in [0.1, 0.15) is 58.8 Å². The van der Waals surface area contributed by atoms with E-state index in [1.54, 1.807) is 0 Å². The van der Waals surface area contributed by atoms with Gasteiger partial charge in [-0.1, -0.05) is 52.7 Å². The van der Waals surface area contributed by atoms with Crippen LogP contribution in [-0.2, 0) is 4.74 Å². The molecule has 0 aromatic carbocycles. The Morgan fingerprint density at radius 3 is 1.78 bits per heavy atom. The standard InChI is InChI=1S/C17H26O/c1-5-9-11-16-14(7-3)13-15(8-4)17(18-16)12-10-6-2/h16-17H,3-6,9-13H2,1-2H3. The zero-order valence-corrected chi connectivity index (χ0v) is 11.9. The van der Waals surface area contributed by atoms with Gasteiger partial charge >= 0.3 is 0 Å². The van der Waals surface area contributed by atoms with Gasteiger partial charge in [-0.3, -0.25) is 0 Å². The van der Waals surface area contributed by atoms with Crippen molar-refractivity contribution in [3.05, 3.63) is 35.8 Å². The number of hydrogen-bond acceptors (Lipinski definition) is 1. The predicted octanol–water partition coefficient (Wildman–Crippen LogP) is 4.95. The zero-order valence-electron chi connectivity index (χ0n) is 11.9. The van der Waals surface area contributed by atoms with Crippen molar-refractivity contribution in [2.24, 2.45) is 0 Å². The Morgan fingerprint density at radius 2 is 1.44 bits per heavy atom. The predicted molar refractivity (Wildman–Crippen MR) is 77.6 cm³/mol. The van der Waals surface area contributed by atoms with Crippen molar-refractivity contribution >= 4 is 0 Å². The maximum absolute atomic E-state index is 6.22. The minimum atomic E-state index is 0.210. The van der Waals surface area contributed by atoms with Crippen LogP contribution in [0.3, 0.4) is 0 Å². The minimum absolute atomic E-state index is 0.210. The summed E-state index contributed by atoms with van der Waals surface area (Å²) in [4.78, 5) is 0. The van der Waals surface area contributed by atoms with Gasteiger partial charge in [-0.2, -0.15) is 0 Å². The van der Waals surface area contributed by atoms with Crippen LogP contribution < -0.4 is 0 Å². The monoisotopic (exact) mass is 246 g/mol. The van der Waals surface area contributed by atoms with Crippen LogP contribution in [0, 0.1) is 0 Å². The van der Waals surface area contributed by atoms with Gasteiger partial charge < -0.3 is 4.74 Å². The molecule has 0 amide bonds. The van der Waals surface area contributed by atoms with Gasteiger partial charge in [0, 0.05) is 17.6 Å². The molecule has 0 bridgehead atoms. The van der Waals surface area contributed by atoms with E-state index in [2.05, 4.69) is 38.5 Å². The molecule has 1 heterocycles. The average molecular weight is 246 g/mol. The van der Waals surface area contributed by atoms with E-state index in [1.807, 2.05) is 0 Å². The van der Waals surface area contributed by atoms with Crippen LogP contribution in [0.25, 0.3) is 0 Å². The van der Waals surface area contributed by atoms with E-state index in [-0.39, 0.29) is 12.2 Å². The zero-order chi connectivity index (χ0) is 13.4. The molecule has 1 fully saturated rings. The lowest BCUT2D eigenvalue weighted by Gasteiger charge is -2.33. The number of hydrogen-bond donors (Lipinski definition) is 0. The van der Waals surface area contributed by atoms with Gasteiger partial charge in [0.1, 0.15) is 0 Å². The molecule has 0 aliphatic carbocycles. The van der Waals surface area contributed by atoms with E-state index < -0.39 is 0 Å². The topological polar surface area (TPSA) is 9.23 Å². The molecule has 2 atom stereocenters. The van der Waals surface area contributed by atoms with Gasteiger partial charge in [0.2, 0.25) is 0 Å². The molecule has 1 heteroatoms. The van der Waals surface area contributed by atoms with E-state index in [4.69, 9.17) is 4.74 Å². The molecule has 2 unspecified atom stereocenters. The van der Waals surface area contributed by atoms with E-state index in [1.165, 1.54) is 36.8 Å². The van der Waals surface area contributed by atoms with Crippen LogP contribution in [0.2, 0.25) is 0 Å². The number of unbranched alkanes of at least 4 members (excludes halogenated alkanes) is 2. The fraction of sp³-hybridized carbons (Fsp3) is 0.647. The first-order chi connectivity index (χ1) is 8.76. The normalized spacial score (nSPS) is 23.7. The van der Waals surface area contributed by atoms with E-state index in [9.17, 15) is 0 Å². The van der Waals surface area contributed by atoms with E-state index in [0.29, 0.717) is 0 Å². The SMILES string of the molecule is C=C=C1CC(=C=C)C(CCCC)OC1CCCC. The number of ether oxygens (including phenoxy) is 1. The molecule has 0 saturated carbocycles. The van der Waals surface area contributed by atoms with Crippen LogP contribution in [0.15, 0.2) is 35.8 Å². The van der Waals surface area contributed by atoms with Crippen LogP contribution in [0.4, 0.5) is 0 Å². The lowest BCUT2D eigenvalue weighted by molar-refractivity contribution is 0.00110. The Bertz CT molecular complexity index is 320. The van der Waals surface area contributed by atoms with Crippen molar-refractivity contribution in [3.63, 3.8) is 0 Å². The molecule has 0 aromatic rings. The van der Waals surface area contributed by atoms with Crippen molar-refractivity contribution in [3.8, 4) is 0 Å². The molecule has 100 valence electrons. The van der Waals surface area contributed by atoms with Crippen molar-refractivity contribution in [1.29, 1.82) is 0 Å². The maximum Gasteiger partial charge on any atom is 0.0870 e. The van der Waals surface area contributed by atoms with Crippen LogP contribution >= 0.6 is 0 Å². The largest absolute Gasteiger partial charge is 0.365 e. The Kier molecular flexibility index (Phi) is 6.83. The summed E-state index contributed by atoms with van der Waals surface area (Å²) in [7, 11) is 0. The second-order valence-corrected chi connectivity index (χ2v) is 4.98. The van der Waals surface area contributed by atoms with Crippen LogP contribution in [-0.4, -0.2) is 12.2 Å². The Labute approximate surface area is 112 Å². The van der Waals surface area contributed by atoms with E-state index >= 15 is 0 Å². The second kappa shape index (κ2) is 8.16. The highest BCUT2D eigenvalue weighted by Crippen LogP contribution is 2.32. The summed E-state index contributed by atoms with van der Waals surface area (Å²) in [5.74, 6) is 0. The summed E-state index contributed by atoms with van der Waals surface area (Å²) in [5, 5.41) is 0. The third-order valence-electron chi connectivity index (χ3n) is 3.58. The van der Waals surface area contributed by atoms with Crippen LogP contribution in [0.5, 0.6) is 0 Å². The summed E-state index contributed by atoms with van der Waals surface area (Å²) < 4.78 is 6.22. The molecular formula is C17H26O. The fourth-order valence-electron chi connectivity index (χ4n) is 2.41. The van der Waals surface area contributed by atoms with Crippen molar-refractivity contribution < 1.29 is 4.74 Å². The third-order valence-corrected chi connectivity index (χ3v) is 3.58. The fourth-order valence-corrected chi connectivity index (χ4v) is 2.41. The summed E-state index contributed by atoms with van der Waals surface area (Å²) in [5.41, 5.74) is 8.48. The number of rotatable bonds is 6. The first-order valence-corrected chi connectivity index (χ1v) is 7.19. The molecule has 18 heavy (non-hydrogen) atoms. The maximum atomic E-state index is 6.22. The second-order valence-electron chi connectivity index (χ2n) is 4.98. The summed E-state index contributed by atoms with van der Waals surface area (Å²) >= 11 is 0. The molecule has 0 N–H and O–H groups in total. The highest BCUT2D eigenvalue weighted by atomic mass is 16.5. The summed E-state index contributed by atoms with van der Waals surface area (Å²) in [6.07, 6.45) is 8.29. The smallest absolute Gasteiger partial charge is 0.0870 e. The summed E-state index contributed by atoms with van der Waals surface area (Å²) in [6, 6.07) is 0. The highest BCUT2D eigenvalue weighted by molar-refractivity contribution is 5.24. The van der Waals surface area contributed by atoms with Crippen molar-refractivity contribution in [2.75, 3.05) is 0 Å². The van der Waals surface area contributed by atoms with Gasteiger partial charge in [0.15, 0.2) is 0 Å². The lowest BCUT2D eigenvalue weighted by Crippen LogP contribution is -2.31. The van der Waals surface area contributed by atoms with Gasteiger partial charge in [0.05, 0.1) is 12.2 Å². The Hall–Kier alpha value is -1.00. The summed E-state index contributed by atoms with van der Waals surface area (Å²) in [6.45, 7) is 12.0. The Morgan fingerprint density at radius 1 is 1.00 bits per heavy atom. The highest BCUT2D eigenvalue weighted by Gasteiger charge is 2.29. The molecule has 0 spiro atoms. The van der Waals surface area contributed by atoms with Crippen molar-refractivity contribution in [1.82, 2.24) is 0 Å². The van der Waals surface area contributed by atoms with Gasteiger partial charge in [-0.15, -0.1) is 11.5 Å². The minimum Gasteiger partial charge on any atom is -0.365 e. The van der Waals surface area contributed by atoms with Gasteiger partial charge in [-0.25, -0.2) is 0 Å². The van der Waals surface area contributed by atoms with E-state index in [0.717, 1.165) is 19.3 Å². The molecule has 1 aliphatic heterocycles. The third kappa shape index (κ3) is 4.03. The quantitative estimate of drug-likeness (QED) is 0.603. The molecule has 0 radical (unpaired) electrons. The van der Waals surface area contributed by atoms with Crippen molar-refractivity contribution in [2.45, 2.75) is 71.0 Å². The molecule has 1 rings (SSSR count). The molecular weight excluding hydrogens is 220 g/mol.